The molecule has 156 valence electrons. The molecule has 0 bridgehead atoms. The summed E-state index contributed by atoms with van der Waals surface area (Å²) in [6.07, 6.45) is 0.222. The predicted molar refractivity (Wildman–Crippen MR) is 113 cm³/mol. The van der Waals surface area contributed by atoms with E-state index >= 15 is 0 Å². The molecule has 4 rings (SSSR count). The van der Waals surface area contributed by atoms with Gasteiger partial charge < -0.3 is 14.5 Å². The van der Waals surface area contributed by atoms with Gasteiger partial charge in [0.15, 0.2) is 11.8 Å². The molecule has 0 aliphatic carbocycles. The Morgan fingerprint density at radius 1 is 1.03 bits per heavy atom. The normalized spacial score (nSPS) is 20.0. The summed E-state index contributed by atoms with van der Waals surface area (Å²) in [4.78, 5) is 41.9. The Bertz CT molecular complexity index is 965. The molecule has 2 fully saturated rings. The molecule has 2 saturated heterocycles. The quantitative estimate of drug-likeness (QED) is 0.589. The zero-order valence-electron chi connectivity index (χ0n) is 17.3. The van der Waals surface area contributed by atoms with Crippen LogP contribution in [-0.2, 0) is 9.59 Å². The van der Waals surface area contributed by atoms with Crippen LogP contribution in [0.3, 0.4) is 0 Å². The Balaban J connectivity index is 1.43. The summed E-state index contributed by atoms with van der Waals surface area (Å²) in [5.41, 5.74) is 2.29. The molecule has 0 aromatic heterocycles. The summed E-state index contributed by atoms with van der Waals surface area (Å²) in [5.74, 6) is 0.247. The molecule has 2 aliphatic rings. The number of para-hydroxylation sites is 2. The first-order valence-electron chi connectivity index (χ1n) is 10.2. The van der Waals surface area contributed by atoms with E-state index in [0.717, 1.165) is 36.8 Å². The fourth-order valence-corrected chi connectivity index (χ4v) is 4.33. The smallest absolute Gasteiger partial charge is 0.292 e. The van der Waals surface area contributed by atoms with Crippen LogP contribution < -0.4 is 19.4 Å². The van der Waals surface area contributed by atoms with Crippen molar-refractivity contribution < 1.29 is 24.0 Å². The summed E-state index contributed by atoms with van der Waals surface area (Å²) in [7, 11) is 1.54. The molecule has 0 unspecified atom stereocenters. The average molecular weight is 408 g/mol. The van der Waals surface area contributed by atoms with E-state index in [0.29, 0.717) is 17.0 Å². The molecule has 1 atom stereocenters. The lowest BCUT2D eigenvalue weighted by Crippen LogP contribution is -3.19. The molecule has 2 aliphatic heterocycles. The summed E-state index contributed by atoms with van der Waals surface area (Å²) in [6.45, 7) is 4.70. The van der Waals surface area contributed by atoms with Crippen LogP contribution in [0.1, 0.15) is 23.7 Å². The Kier molecular flexibility index (Phi) is 5.55. The average Bonchev–Trinajstić information content (AvgIpc) is 3.07. The number of hydrogen-bond donors (Lipinski definition) is 1. The number of imide groups is 1. The van der Waals surface area contributed by atoms with Crippen molar-refractivity contribution in [2.75, 3.05) is 43.1 Å². The number of Topliss-reactive ketones (excluding diaryl/α,β-unsaturated/α-hetero) is 1. The Morgan fingerprint density at radius 2 is 1.70 bits per heavy atom. The summed E-state index contributed by atoms with van der Waals surface area (Å²) < 4.78 is 5.34. The van der Waals surface area contributed by atoms with Gasteiger partial charge in [0.1, 0.15) is 5.75 Å². The van der Waals surface area contributed by atoms with Crippen molar-refractivity contribution in [3.8, 4) is 5.75 Å². The van der Waals surface area contributed by atoms with Crippen LogP contribution in [0, 0.1) is 0 Å². The monoisotopic (exact) mass is 408 g/mol. The molecule has 2 aromatic carbocycles. The first kappa shape index (κ1) is 20.1. The van der Waals surface area contributed by atoms with Gasteiger partial charge in [-0.3, -0.25) is 14.4 Å². The molecule has 2 amide bonds. The summed E-state index contributed by atoms with van der Waals surface area (Å²) in [5, 5.41) is 0. The first-order valence-corrected chi connectivity index (χ1v) is 10.2. The van der Waals surface area contributed by atoms with Crippen molar-refractivity contribution in [2.24, 2.45) is 0 Å². The third kappa shape index (κ3) is 3.68. The van der Waals surface area contributed by atoms with E-state index in [1.54, 1.807) is 25.1 Å². The third-order valence-electron chi connectivity index (χ3n) is 6.01. The molecule has 2 aromatic rings. The van der Waals surface area contributed by atoms with Crippen LogP contribution in [0.15, 0.2) is 48.5 Å². The van der Waals surface area contributed by atoms with Crippen molar-refractivity contribution in [2.45, 2.75) is 19.4 Å². The number of ketones is 1. The van der Waals surface area contributed by atoms with Crippen LogP contribution >= 0.6 is 0 Å². The van der Waals surface area contributed by atoms with Crippen LogP contribution in [0.4, 0.5) is 11.4 Å². The van der Waals surface area contributed by atoms with E-state index in [-0.39, 0.29) is 30.1 Å². The topological polar surface area (TPSA) is 71.4 Å². The molecule has 7 heteroatoms. The minimum atomic E-state index is -0.357. The molecule has 0 saturated carbocycles. The summed E-state index contributed by atoms with van der Waals surface area (Å²) >= 11 is 0. The number of anilines is 2. The maximum Gasteiger partial charge on any atom is 0.292 e. The lowest BCUT2D eigenvalue weighted by Gasteiger charge is -2.35. The molecule has 1 N–H and O–H groups in total. The lowest BCUT2D eigenvalue weighted by molar-refractivity contribution is -0.915. The van der Waals surface area contributed by atoms with E-state index in [1.807, 2.05) is 30.3 Å². The van der Waals surface area contributed by atoms with Crippen LogP contribution in [0.25, 0.3) is 0 Å². The Labute approximate surface area is 175 Å². The van der Waals surface area contributed by atoms with Crippen molar-refractivity contribution >= 4 is 29.0 Å². The van der Waals surface area contributed by atoms with Gasteiger partial charge in [-0.1, -0.05) is 12.1 Å². The Hall–Kier alpha value is -3.19. The van der Waals surface area contributed by atoms with Crippen molar-refractivity contribution in [1.82, 2.24) is 0 Å². The second kappa shape index (κ2) is 8.28. The van der Waals surface area contributed by atoms with Gasteiger partial charge in [0.05, 0.1) is 45.4 Å². The highest BCUT2D eigenvalue weighted by molar-refractivity contribution is 6.22. The number of methoxy groups -OCH3 is 1. The largest absolute Gasteiger partial charge is 0.495 e. The molecular weight excluding hydrogens is 382 g/mol. The highest BCUT2D eigenvalue weighted by Crippen LogP contribution is 2.31. The maximum atomic E-state index is 13.1. The molecule has 0 spiro atoms. The van der Waals surface area contributed by atoms with E-state index in [1.165, 1.54) is 12.0 Å². The number of carbonyl (C=O) groups is 3. The zero-order chi connectivity index (χ0) is 21.3. The number of nitrogens with one attached hydrogen (secondary N) is 1. The molecule has 2 heterocycles. The van der Waals surface area contributed by atoms with Crippen molar-refractivity contribution in [3.63, 3.8) is 0 Å². The van der Waals surface area contributed by atoms with Gasteiger partial charge >= 0.3 is 0 Å². The predicted octanol–water partition coefficient (Wildman–Crippen LogP) is 0.935. The van der Waals surface area contributed by atoms with Gasteiger partial charge in [-0.2, -0.15) is 0 Å². The molecule has 30 heavy (non-hydrogen) atoms. The molecule has 0 radical (unpaired) electrons. The number of amides is 2. The van der Waals surface area contributed by atoms with Gasteiger partial charge in [-0.25, -0.2) is 4.90 Å². The van der Waals surface area contributed by atoms with Crippen molar-refractivity contribution in [1.29, 1.82) is 0 Å². The van der Waals surface area contributed by atoms with Crippen molar-refractivity contribution in [3.05, 3.63) is 54.1 Å². The number of piperazine rings is 1. The standard InChI is InChI=1S/C23H25N3O4/c1-16(27)17-7-9-18(10-8-17)24-11-13-25(14-12-24)20-15-22(28)26(23(20)29)19-5-3-4-6-21(19)30-2/h3-10,20H,11-15H2,1-2H3/p+1/t20-/m0/s1. The fraction of sp³-hybridized carbons (Fsp3) is 0.348. The van der Waals surface area contributed by atoms with Gasteiger partial charge in [-0.05, 0) is 43.3 Å². The molecular formula is C23H26N3O4+. The molecule has 7 nitrogen and oxygen atoms in total. The van der Waals surface area contributed by atoms with Gasteiger partial charge in [0, 0.05) is 11.3 Å². The fourth-order valence-electron chi connectivity index (χ4n) is 4.33. The first-order chi connectivity index (χ1) is 14.5. The summed E-state index contributed by atoms with van der Waals surface area (Å²) in [6, 6.07) is 14.4. The number of hydrogen-bond acceptors (Lipinski definition) is 5. The van der Waals surface area contributed by atoms with E-state index in [9.17, 15) is 14.4 Å². The third-order valence-corrected chi connectivity index (χ3v) is 6.01. The highest BCUT2D eigenvalue weighted by Gasteiger charge is 2.47. The minimum absolute atomic E-state index is 0.0554. The van der Waals surface area contributed by atoms with Crippen LogP contribution in [0.2, 0.25) is 0 Å². The van der Waals surface area contributed by atoms with Gasteiger partial charge in [0.25, 0.3) is 5.91 Å². The number of nitrogens with zero attached hydrogens (tertiary/aromatic N) is 2. The number of carbonyl (C=O) groups excluding carboxylic acids is 3. The Morgan fingerprint density at radius 3 is 2.33 bits per heavy atom. The number of quaternary nitrogens is 1. The van der Waals surface area contributed by atoms with E-state index in [4.69, 9.17) is 4.74 Å². The second-order valence-corrected chi connectivity index (χ2v) is 7.74. The highest BCUT2D eigenvalue weighted by atomic mass is 16.5. The second-order valence-electron chi connectivity index (χ2n) is 7.74. The SMILES string of the molecule is COc1ccccc1N1C(=O)C[C@H]([NH+]2CCN(c3ccc(C(C)=O)cc3)CC2)C1=O. The van der Waals surface area contributed by atoms with E-state index < -0.39 is 0 Å². The van der Waals surface area contributed by atoms with Crippen LogP contribution in [-0.4, -0.2) is 56.9 Å². The lowest BCUT2D eigenvalue weighted by atomic mass is 10.1. The van der Waals surface area contributed by atoms with Gasteiger partial charge in [-0.15, -0.1) is 0 Å². The number of rotatable bonds is 5. The van der Waals surface area contributed by atoms with E-state index in [2.05, 4.69) is 4.90 Å². The minimum Gasteiger partial charge on any atom is -0.495 e. The maximum absolute atomic E-state index is 13.1. The zero-order valence-corrected chi connectivity index (χ0v) is 17.3. The number of ether oxygens (including phenoxy) is 1. The number of benzene rings is 2. The van der Waals surface area contributed by atoms with Crippen LogP contribution in [0.5, 0.6) is 5.75 Å². The van der Waals surface area contributed by atoms with Gasteiger partial charge in [0.2, 0.25) is 5.91 Å².